The van der Waals surface area contributed by atoms with Crippen LogP contribution in [0.15, 0.2) is 91.0 Å². The van der Waals surface area contributed by atoms with E-state index in [0.29, 0.717) is 18.8 Å². The number of carbonyl (C=O) groups excluding carboxylic acids is 2. The molecule has 1 unspecified atom stereocenters. The van der Waals surface area contributed by atoms with Crippen molar-refractivity contribution in [2.75, 3.05) is 12.8 Å². The average Bonchev–Trinajstić information content (AvgIpc) is 3.15. The maximum Gasteiger partial charge on any atom is 0.309 e. The van der Waals surface area contributed by atoms with Gasteiger partial charge in [0, 0.05) is 12.5 Å². The fourth-order valence-corrected chi connectivity index (χ4v) is 12.2. The van der Waals surface area contributed by atoms with E-state index in [1.807, 2.05) is 27.7 Å². The lowest BCUT2D eigenvalue weighted by atomic mass is 9.85. The van der Waals surface area contributed by atoms with E-state index >= 15 is 0 Å². The minimum atomic E-state index is -1.73. The molecule has 276 valence electrons. The quantitative estimate of drug-likeness (QED) is 0.0443. The summed E-state index contributed by atoms with van der Waals surface area (Å²) in [6, 6.07) is 33.6. The maximum atomic E-state index is 12.8. The van der Waals surface area contributed by atoms with Crippen molar-refractivity contribution in [1.29, 1.82) is 0 Å². The molecule has 6 heteroatoms. The highest BCUT2D eigenvalue weighted by Crippen LogP contribution is 2.56. The van der Waals surface area contributed by atoms with Gasteiger partial charge in [-0.25, -0.2) is 0 Å². The monoisotopic (exact) mass is 721 g/mol. The molecule has 0 bridgehead atoms. The van der Waals surface area contributed by atoms with Gasteiger partial charge in [0.2, 0.25) is 0 Å². The number of esters is 2. The number of fused-ring (bicyclic) bond motifs is 1. The van der Waals surface area contributed by atoms with Crippen molar-refractivity contribution < 1.29 is 23.8 Å². The summed E-state index contributed by atoms with van der Waals surface area (Å²) in [4.78, 5) is 24.5. The fourth-order valence-electron chi connectivity index (χ4n) is 7.82. The van der Waals surface area contributed by atoms with Crippen LogP contribution >= 0.6 is 7.26 Å². The van der Waals surface area contributed by atoms with Crippen molar-refractivity contribution in [2.24, 2.45) is 0 Å². The Labute approximate surface area is 312 Å². The smallest absolute Gasteiger partial charge is 0.309 e. The van der Waals surface area contributed by atoms with Crippen molar-refractivity contribution in [1.82, 2.24) is 0 Å². The summed E-state index contributed by atoms with van der Waals surface area (Å²) < 4.78 is 17.7. The van der Waals surface area contributed by atoms with Gasteiger partial charge in [-0.1, -0.05) is 93.1 Å². The second kappa shape index (κ2) is 18.7. The molecule has 52 heavy (non-hydrogen) atoms. The van der Waals surface area contributed by atoms with E-state index in [9.17, 15) is 9.59 Å². The van der Waals surface area contributed by atoms with E-state index in [1.54, 1.807) is 0 Å². The molecule has 4 aromatic carbocycles. The Kier molecular flexibility index (Phi) is 14.1. The van der Waals surface area contributed by atoms with E-state index < -0.39 is 12.9 Å². The van der Waals surface area contributed by atoms with Crippen LogP contribution in [0.3, 0.4) is 0 Å². The Morgan fingerprint density at radius 1 is 0.673 bits per heavy atom. The Bertz CT molecular complexity index is 1660. The molecular weight excluding hydrogens is 663 g/mol. The van der Waals surface area contributed by atoms with Gasteiger partial charge in [-0.2, -0.15) is 0 Å². The number of unbranched alkanes of at least 4 members (excludes halogenated alkanes) is 8. The summed E-state index contributed by atoms with van der Waals surface area (Å²) in [5.41, 5.74) is 3.22. The Hall–Kier alpha value is -3.95. The predicted octanol–water partition coefficient (Wildman–Crippen LogP) is 10.1. The van der Waals surface area contributed by atoms with Crippen LogP contribution in [0.5, 0.6) is 11.5 Å². The minimum Gasteiger partial charge on any atom is -0.486 e. The second-order valence-corrected chi connectivity index (χ2v) is 18.4. The molecule has 1 heterocycles. The van der Waals surface area contributed by atoms with E-state index in [0.717, 1.165) is 47.3 Å². The Morgan fingerprint density at radius 3 is 1.65 bits per heavy atom. The SMILES string of the molecule is CC(=O)Oc1c(C)c(C)c2c(c1C)CCC(C)(CC(=O)OCCCCCCCCCCC[P+](c1ccccc1)(c1ccccc1)c1ccccc1)O2. The highest BCUT2D eigenvalue weighted by molar-refractivity contribution is 7.95. The second-order valence-electron chi connectivity index (χ2n) is 14.8. The fraction of sp³-hybridized carbons (Fsp3) is 0.435. The lowest BCUT2D eigenvalue weighted by molar-refractivity contribution is -0.148. The standard InChI is InChI=1S/C46H58O5P/c1-35-36(2)45-42(37(3)44(35)50-38(4)47)30-31-46(5,51-45)34-43(48)49-32-22-11-9-7-6-8-10-12-23-33-52(39-24-16-13-17-25-39,40-26-18-14-19-27-40)41-28-20-15-21-29-41/h13-21,24-29H,6-12,22-23,30-34H2,1-5H3/q+1. The number of benzene rings is 4. The molecule has 0 spiro atoms. The molecule has 1 atom stereocenters. The minimum absolute atomic E-state index is 0.202. The molecule has 0 radical (unpaired) electrons. The van der Waals surface area contributed by atoms with Gasteiger partial charge in [-0.3, -0.25) is 9.59 Å². The van der Waals surface area contributed by atoms with Crippen LogP contribution in [0.2, 0.25) is 0 Å². The maximum absolute atomic E-state index is 12.8. The van der Waals surface area contributed by atoms with Gasteiger partial charge in [0.25, 0.3) is 0 Å². The first-order valence-corrected chi connectivity index (χ1v) is 21.3. The van der Waals surface area contributed by atoms with E-state index in [-0.39, 0.29) is 18.4 Å². The molecule has 5 rings (SSSR count). The zero-order valence-corrected chi connectivity index (χ0v) is 32.9. The number of hydrogen-bond donors (Lipinski definition) is 0. The summed E-state index contributed by atoms with van der Waals surface area (Å²) in [6.45, 7) is 9.79. The molecule has 1 aliphatic heterocycles. The van der Waals surface area contributed by atoms with Gasteiger partial charge in [0.1, 0.15) is 40.3 Å². The van der Waals surface area contributed by atoms with E-state index in [4.69, 9.17) is 14.2 Å². The van der Waals surface area contributed by atoms with E-state index in [2.05, 4.69) is 91.0 Å². The third-order valence-corrected chi connectivity index (χ3v) is 15.3. The van der Waals surface area contributed by atoms with Gasteiger partial charge in [-0.05, 0) is 113 Å². The normalized spacial score (nSPS) is 15.4. The number of carbonyl (C=O) groups is 2. The van der Waals surface area contributed by atoms with Gasteiger partial charge < -0.3 is 14.2 Å². The van der Waals surface area contributed by atoms with Crippen molar-refractivity contribution in [3.63, 3.8) is 0 Å². The zero-order valence-electron chi connectivity index (χ0n) is 32.0. The van der Waals surface area contributed by atoms with Crippen LogP contribution in [-0.2, 0) is 20.7 Å². The summed E-state index contributed by atoms with van der Waals surface area (Å²) in [6.07, 6.45) is 13.5. The van der Waals surface area contributed by atoms with Gasteiger partial charge in [-0.15, -0.1) is 0 Å². The molecule has 0 aromatic heterocycles. The molecule has 0 fully saturated rings. The molecule has 0 saturated carbocycles. The zero-order chi connectivity index (χ0) is 37.0. The Morgan fingerprint density at radius 2 is 1.15 bits per heavy atom. The first-order chi connectivity index (χ1) is 25.1. The summed E-state index contributed by atoms with van der Waals surface area (Å²) in [7, 11) is -1.73. The van der Waals surface area contributed by atoms with Crippen molar-refractivity contribution in [3.05, 3.63) is 113 Å². The van der Waals surface area contributed by atoms with Crippen LogP contribution in [0.25, 0.3) is 0 Å². The van der Waals surface area contributed by atoms with Crippen molar-refractivity contribution in [3.8, 4) is 11.5 Å². The highest BCUT2D eigenvalue weighted by Gasteiger charge is 2.44. The molecular formula is C46H58O5P+. The third kappa shape index (κ3) is 9.72. The van der Waals surface area contributed by atoms with Crippen LogP contribution in [0, 0.1) is 20.8 Å². The lowest BCUT2D eigenvalue weighted by Crippen LogP contribution is -2.39. The lowest BCUT2D eigenvalue weighted by Gasteiger charge is -2.37. The summed E-state index contributed by atoms with van der Waals surface area (Å²) in [5.74, 6) is 0.909. The van der Waals surface area contributed by atoms with Gasteiger partial charge in [0.15, 0.2) is 0 Å². The molecule has 0 aliphatic carbocycles. The van der Waals surface area contributed by atoms with Crippen LogP contribution < -0.4 is 25.4 Å². The highest BCUT2D eigenvalue weighted by atomic mass is 31.2. The van der Waals surface area contributed by atoms with Gasteiger partial charge >= 0.3 is 11.9 Å². The number of hydrogen-bond acceptors (Lipinski definition) is 5. The van der Waals surface area contributed by atoms with Crippen LogP contribution in [-0.4, -0.2) is 30.3 Å². The van der Waals surface area contributed by atoms with Crippen LogP contribution in [0.4, 0.5) is 0 Å². The summed E-state index contributed by atoms with van der Waals surface area (Å²) in [5, 5.41) is 4.41. The third-order valence-electron chi connectivity index (χ3n) is 10.8. The number of rotatable bonds is 18. The van der Waals surface area contributed by atoms with Gasteiger partial charge in [0.05, 0.1) is 19.2 Å². The van der Waals surface area contributed by atoms with Crippen molar-refractivity contribution in [2.45, 2.75) is 117 Å². The molecule has 0 saturated heterocycles. The van der Waals surface area contributed by atoms with E-state index in [1.165, 1.54) is 73.9 Å². The first kappa shape index (κ1) is 39.3. The molecule has 0 N–H and O–H groups in total. The first-order valence-electron chi connectivity index (χ1n) is 19.4. The number of ether oxygens (including phenoxy) is 3. The molecule has 4 aromatic rings. The van der Waals surface area contributed by atoms with Crippen molar-refractivity contribution >= 4 is 35.1 Å². The molecule has 1 aliphatic rings. The predicted molar refractivity (Wildman–Crippen MR) is 216 cm³/mol. The van der Waals surface area contributed by atoms with Crippen LogP contribution in [0.1, 0.15) is 107 Å². The summed E-state index contributed by atoms with van der Waals surface area (Å²) >= 11 is 0. The Balaban J connectivity index is 0.992. The molecule has 0 amide bonds. The average molecular weight is 722 g/mol. The largest absolute Gasteiger partial charge is 0.486 e. The molecule has 5 nitrogen and oxygen atoms in total. The topological polar surface area (TPSA) is 61.8 Å².